The van der Waals surface area contributed by atoms with E-state index in [4.69, 9.17) is 10.5 Å². The molecule has 0 amide bonds. The van der Waals surface area contributed by atoms with Crippen LogP contribution in [0, 0.1) is 6.92 Å². The van der Waals surface area contributed by atoms with Gasteiger partial charge in [-0.25, -0.2) is 9.13 Å². The van der Waals surface area contributed by atoms with Crippen molar-refractivity contribution in [2.24, 2.45) is 0 Å². The number of hydrogen-bond acceptors (Lipinski definition) is 3. The average Bonchev–Trinajstić information content (AvgIpc) is 2.86. The number of hydrogen-bond donors (Lipinski definition) is 2. The van der Waals surface area contributed by atoms with E-state index >= 15 is 0 Å². The number of fused-ring (bicyclic) bond motifs is 1. The molecule has 132 valence electrons. The molecule has 0 aliphatic rings. The standard InChI is InChI=1S/C20H25N3O2/c1-3-11-22-18-9-4-5-10-19(18)23(20(22)21)13-16(24)14-25-17-8-6-7-15(2)12-17/h4-10,12,16,21,24H,3,11,13-14H2,1-2H3/p+1. The van der Waals surface area contributed by atoms with Crippen molar-refractivity contribution in [3.63, 3.8) is 0 Å². The van der Waals surface area contributed by atoms with Crippen LogP contribution >= 0.6 is 0 Å². The normalized spacial score (nSPS) is 12.4. The largest absolute Gasteiger partial charge is 0.491 e. The van der Waals surface area contributed by atoms with E-state index in [0.717, 1.165) is 35.3 Å². The number of ether oxygens (including phenoxy) is 1. The number of nitrogens with zero attached hydrogens (tertiary/aromatic N) is 2. The van der Waals surface area contributed by atoms with Crippen LogP contribution in [-0.2, 0) is 13.1 Å². The Kier molecular flexibility index (Phi) is 5.24. The van der Waals surface area contributed by atoms with Gasteiger partial charge in [0.1, 0.15) is 36.0 Å². The fourth-order valence-corrected chi connectivity index (χ4v) is 3.12. The van der Waals surface area contributed by atoms with Crippen molar-refractivity contribution in [2.75, 3.05) is 12.3 Å². The third-order valence-electron chi connectivity index (χ3n) is 4.29. The topological polar surface area (TPSA) is 64.3 Å². The second-order valence-electron chi connectivity index (χ2n) is 6.39. The molecule has 0 radical (unpaired) electrons. The summed E-state index contributed by atoms with van der Waals surface area (Å²) in [6.45, 7) is 5.62. The number of imidazole rings is 1. The van der Waals surface area contributed by atoms with Gasteiger partial charge in [-0.15, -0.1) is 0 Å². The number of nitrogen functional groups attached to an aromatic ring is 1. The molecule has 5 nitrogen and oxygen atoms in total. The van der Waals surface area contributed by atoms with Crippen LogP contribution in [0.2, 0.25) is 0 Å². The Bertz CT molecular complexity index is 857. The van der Waals surface area contributed by atoms with Crippen LogP contribution in [0.4, 0.5) is 5.95 Å². The molecule has 3 aromatic rings. The first-order chi connectivity index (χ1) is 12.1. The van der Waals surface area contributed by atoms with E-state index in [2.05, 4.69) is 17.6 Å². The number of para-hydroxylation sites is 2. The van der Waals surface area contributed by atoms with E-state index in [1.165, 1.54) is 0 Å². The van der Waals surface area contributed by atoms with Crippen LogP contribution in [0.1, 0.15) is 18.9 Å². The third-order valence-corrected chi connectivity index (χ3v) is 4.29. The van der Waals surface area contributed by atoms with Gasteiger partial charge in [0.05, 0.1) is 6.54 Å². The highest BCUT2D eigenvalue weighted by Gasteiger charge is 2.22. The summed E-state index contributed by atoms with van der Waals surface area (Å²) in [5.74, 6) is 1.43. The first-order valence-corrected chi connectivity index (χ1v) is 8.74. The van der Waals surface area contributed by atoms with Crippen molar-refractivity contribution in [3.8, 4) is 5.75 Å². The second kappa shape index (κ2) is 7.57. The summed E-state index contributed by atoms with van der Waals surface area (Å²) < 4.78 is 9.78. The third kappa shape index (κ3) is 3.77. The number of aromatic nitrogens is 2. The molecular formula is C20H26N3O2+. The fraction of sp³-hybridized carbons (Fsp3) is 0.350. The minimum atomic E-state index is -0.645. The van der Waals surface area contributed by atoms with Crippen LogP contribution < -0.4 is 15.0 Å². The lowest BCUT2D eigenvalue weighted by Gasteiger charge is -2.12. The van der Waals surface area contributed by atoms with Gasteiger partial charge in [0.15, 0.2) is 0 Å². The van der Waals surface area contributed by atoms with Crippen LogP contribution in [0.3, 0.4) is 0 Å². The molecule has 0 spiro atoms. The molecule has 25 heavy (non-hydrogen) atoms. The summed E-state index contributed by atoms with van der Waals surface area (Å²) in [6, 6.07) is 15.9. The van der Waals surface area contributed by atoms with Crippen LogP contribution in [0.15, 0.2) is 48.5 Å². The minimum absolute atomic E-state index is 0.225. The Morgan fingerprint density at radius 2 is 2.00 bits per heavy atom. The lowest BCUT2D eigenvalue weighted by atomic mass is 10.2. The van der Waals surface area contributed by atoms with E-state index in [9.17, 15) is 5.11 Å². The summed E-state index contributed by atoms with van der Waals surface area (Å²) in [4.78, 5) is 0. The van der Waals surface area contributed by atoms with Gasteiger partial charge in [-0.1, -0.05) is 31.2 Å². The van der Waals surface area contributed by atoms with Crippen molar-refractivity contribution < 1.29 is 14.4 Å². The average molecular weight is 340 g/mol. The zero-order chi connectivity index (χ0) is 17.8. The van der Waals surface area contributed by atoms with E-state index in [-0.39, 0.29) is 6.61 Å². The summed E-state index contributed by atoms with van der Waals surface area (Å²) in [5, 5.41) is 10.4. The molecule has 0 saturated carbocycles. The molecule has 1 aromatic heterocycles. The van der Waals surface area contributed by atoms with Crippen LogP contribution in [-0.4, -0.2) is 22.4 Å². The molecule has 5 heteroatoms. The van der Waals surface area contributed by atoms with Crippen LogP contribution in [0.25, 0.3) is 11.0 Å². The minimum Gasteiger partial charge on any atom is -0.491 e. The van der Waals surface area contributed by atoms with Crippen molar-refractivity contribution in [2.45, 2.75) is 39.5 Å². The van der Waals surface area contributed by atoms with Crippen molar-refractivity contribution in [1.82, 2.24) is 4.57 Å². The molecule has 1 heterocycles. The monoisotopic (exact) mass is 340 g/mol. The Hall–Kier alpha value is -2.53. The Balaban J connectivity index is 1.77. The van der Waals surface area contributed by atoms with Gasteiger partial charge < -0.3 is 9.84 Å². The molecule has 1 atom stereocenters. The number of aryl methyl sites for hydroxylation is 2. The first-order valence-electron chi connectivity index (χ1n) is 8.74. The molecule has 0 bridgehead atoms. The lowest BCUT2D eigenvalue weighted by molar-refractivity contribution is -0.665. The van der Waals surface area contributed by atoms with Gasteiger partial charge in [0.2, 0.25) is 0 Å². The number of anilines is 1. The summed E-state index contributed by atoms with van der Waals surface area (Å²) in [6.07, 6.45) is 0.357. The van der Waals surface area contributed by atoms with Crippen LogP contribution in [0.5, 0.6) is 5.75 Å². The predicted octanol–water partition coefficient (Wildman–Crippen LogP) is 2.67. The van der Waals surface area contributed by atoms with Crippen molar-refractivity contribution >= 4 is 17.0 Å². The van der Waals surface area contributed by atoms with Crippen molar-refractivity contribution in [1.29, 1.82) is 0 Å². The number of benzene rings is 2. The number of rotatable bonds is 7. The highest BCUT2D eigenvalue weighted by Crippen LogP contribution is 2.17. The van der Waals surface area contributed by atoms with Gasteiger partial charge in [0.25, 0.3) is 0 Å². The molecule has 3 N–H and O–H groups in total. The molecular weight excluding hydrogens is 314 g/mol. The second-order valence-corrected chi connectivity index (χ2v) is 6.39. The highest BCUT2D eigenvalue weighted by atomic mass is 16.5. The van der Waals surface area contributed by atoms with Gasteiger partial charge in [-0.2, -0.15) is 0 Å². The number of nitrogens with two attached hydrogens (primary N) is 1. The van der Waals surface area contributed by atoms with Gasteiger partial charge >= 0.3 is 5.95 Å². The van der Waals surface area contributed by atoms with Gasteiger partial charge in [-0.3, -0.25) is 5.73 Å². The molecule has 0 fully saturated rings. The zero-order valence-electron chi connectivity index (χ0n) is 14.9. The predicted molar refractivity (Wildman–Crippen MR) is 99.5 cm³/mol. The Morgan fingerprint density at radius 3 is 2.76 bits per heavy atom. The zero-order valence-corrected chi connectivity index (χ0v) is 14.9. The SMILES string of the molecule is CCCn1c(N)[n+](CC(O)COc2cccc(C)c2)c2ccccc21. The molecule has 3 rings (SSSR count). The smallest absolute Gasteiger partial charge is 0.356 e. The number of aliphatic hydroxyl groups excluding tert-OH is 1. The van der Waals surface area contributed by atoms with E-state index in [1.807, 2.05) is 54.0 Å². The van der Waals surface area contributed by atoms with Crippen molar-refractivity contribution in [3.05, 3.63) is 54.1 Å². The maximum atomic E-state index is 10.4. The summed E-state index contributed by atoms with van der Waals surface area (Å²) in [5.41, 5.74) is 9.61. The quantitative estimate of drug-likeness (QED) is 0.650. The Morgan fingerprint density at radius 1 is 1.20 bits per heavy atom. The highest BCUT2D eigenvalue weighted by molar-refractivity contribution is 5.73. The van der Waals surface area contributed by atoms with Gasteiger partial charge in [-0.05, 0) is 43.2 Å². The van der Waals surface area contributed by atoms with E-state index in [0.29, 0.717) is 12.5 Å². The number of aliphatic hydroxyl groups is 1. The molecule has 1 unspecified atom stereocenters. The fourth-order valence-electron chi connectivity index (χ4n) is 3.12. The first kappa shape index (κ1) is 17.3. The molecule has 0 aliphatic heterocycles. The lowest BCUT2D eigenvalue weighted by Crippen LogP contribution is -2.43. The maximum Gasteiger partial charge on any atom is 0.356 e. The maximum absolute atomic E-state index is 10.4. The molecule has 2 aromatic carbocycles. The van der Waals surface area contributed by atoms with E-state index < -0.39 is 6.10 Å². The molecule has 0 aliphatic carbocycles. The van der Waals surface area contributed by atoms with E-state index in [1.54, 1.807) is 0 Å². The summed E-state index contributed by atoms with van der Waals surface area (Å²) >= 11 is 0. The summed E-state index contributed by atoms with van der Waals surface area (Å²) in [7, 11) is 0. The Labute approximate surface area is 148 Å². The van der Waals surface area contributed by atoms with Gasteiger partial charge in [0, 0.05) is 0 Å². The molecule has 0 saturated heterocycles.